The number of aromatic nitrogens is 1. The zero-order valence-corrected chi connectivity index (χ0v) is 20.3. The van der Waals surface area contributed by atoms with Gasteiger partial charge in [0.15, 0.2) is 0 Å². The average Bonchev–Trinajstić information content (AvgIpc) is 3.15. The van der Waals surface area contributed by atoms with Gasteiger partial charge in [0.05, 0.1) is 10.4 Å². The Morgan fingerprint density at radius 3 is 2.62 bits per heavy atom. The second-order valence-electron chi connectivity index (χ2n) is 9.22. The molecule has 6 nitrogen and oxygen atoms in total. The Morgan fingerprint density at radius 2 is 1.88 bits per heavy atom. The van der Waals surface area contributed by atoms with E-state index in [1.165, 1.54) is 5.69 Å². The molecule has 0 spiro atoms. The van der Waals surface area contributed by atoms with E-state index >= 15 is 0 Å². The van der Waals surface area contributed by atoms with Crippen molar-refractivity contribution in [3.05, 3.63) is 65.2 Å². The van der Waals surface area contributed by atoms with Crippen LogP contribution in [0.2, 0.25) is 0 Å². The molecule has 2 saturated heterocycles. The Kier molecular flexibility index (Phi) is 6.39. The number of amides is 2. The molecule has 0 bridgehead atoms. The zero-order chi connectivity index (χ0) is 23.7. The van der Waals surface area contributed by atoms with E-state index < -0.39 is 0 Å². The van der Waals surface area contributed by atoms with E-state index in [0.717, 1.165) is 72.1 Å². The number of fused-ring (bicyclic) bond motifs is 1. The van der Waals surface area contributed by atoms with Crippen LogP contribution in [0.15, 0.2) is 59.6 Å². The Hall–Kier alpha value is -3.16. The molecule has 5 rings (SSSR count). The van der Waals surface area contributed by atoms with Gasteiger partial charge >= 0.3 is 0 Å². The first-order valence-corrected chi connectivity index (χ1v) is 12.5. The fourth-order valence-corrected chi connectivity index (χ4v) is 5.34. The van der Waals surface area contributed by atoms with Crippen molar-refractivity contribution < 1.29 is 9.59 Å². The third kappa shape index (κ3) is 4.86. The highest BCUT2D eigenvalue weighted by atomic mass is 32.2. The van der Waals surface area contributed by atoms with Crippen LogP contribution in [-0.4, -0.2) is 53.8 Å². The number of rotatable bonds is 5. The van der Waals surface area contributed by atoms with Gasteiger partial charge in [-0.2, -0.15) is 0 Å². The first-order valence-electron chi connectivity index (χ1n) is 11.7. The van der Waals surface area contributed by atoms with Crippen molar-refractivity contribution in [2.45, 2.75) is 13.8 Å². The molecule has 0 atom stereocenters. The summed E-state index contributed by atoms with van der Waals surface area (Å²) in [5.41, 5.74) is 5.24. The Bertz CT molecular complexity index is 1280. The molecule has 2 fully saturated rings. The number of nitrogens with zero attached hydrogens (tertiary/aromatic N) is 3. The molecule has 2 amide bonds. The number of carbonyl (C=O) groups is 2. The van der Waals surface area contributed by atoms with Crippen LogP contribution in [0.1, 0.15) is 19.4 Å². The molecule has 3 heterocycles. The van der Waals surface area contributed by atoms with E-state index in [4.69, 9.17) is 0 Å². The summed E-state index contributed by atoms with van der Waals surface area (Å²) in [5.74, 6) is 0.347. The second-order valence-corrected chi connectivity index (χ2v) is 10.2. The molecular formula is C27H28N4O2S. The van der Waals surface area contributed by atoms with E-state index in [1.807, 2.05) is 30.5 Å². The lowest BCUT2D eigenvalue weighted by Gasteiger charge is -2.37. The number of anilines is 1. The van der Waals surface area contributed by atoms with Gasteiger partial charge in [-0.3, -0.25) is 24.8 Å². The predicted octanol–water partition coefficient (Wildman–Crippen LogP) is 5.00. The Labute approximate surface area is 204 Å². The van der Waals surface area contributed by atoms with Crippen LogP contribution in [0.25, 0.3) is 28.1 Å². The normalized spacial score (nSPS) is 18.3. The summed E-state index contributed by atoms with van der Waals surface area (Å²) in [6.45, 7) is 9.95. The summed E-state index contributed by atoms with van der Waals surface area (Å²) in [6, 6.07) is 16.7. The third-order valence-electron chi connectivity index (χ3n) is 6.22. The van der Waals surface area contributed by atoms with Crippen LogP contribution in [0.5, 0.6) is 0 Å². The standard InChI is InChI=1S/C27H28N4O2S/c1-18(2)17-30-10-12-31(13-11-30)21-5-3-4-20(16-21)22-8-9-28-24-7-6-19(14-23(22)24)15-25-26(32)29-27(33)34-25/h3-9,14-16,18H,10-13,17H2,1-2H3,(H,29,32,33). The van der Waals surface area contributed by atoms with E-state index in [0.29, 0.717) is 10.8 Å². The fraction of sp³-hybridized carbons (Fsp3) is 0.296. The minimum Gasteiger partial charge on any atom is -0.369 e. The quantitative estimate of drug-likeness (QED) is 0.527. The van der Waals surface area contributed by atoms with Gasteiger partial charge in [0.1, 0.15) is 0 Å². The smallest absolute Gasteiger partial charge is 0.290 e. The lowest BCUT2D eigenvalue weighted by atomic mass is 9.99. The number of carbonyl (C=O) groups excluding carboxylic acids is 2. The Morgan fingerprint density at radius 1 is 1.06 bits per heavy atom. The van der Waals surface area contributed by atoms with Crippen LogP contribution >= 0.6 is 11.8 Å². The highest BCUT2D eigenvalue weighted by Gasteiger charge is 2.25. The van der Waals surface area contributed by atoms with E-state index in [2.05, 4.69) is 58.2 Å². The monoisotopic (exact) mass is 472 g/mol. The first-order chi connectivity index (χ1) is 16.5. The topological polar surface area (TPSA) is 65.5 Å². The average molecular weight is 473 g/mol. The van der Waals surface area contributed by atoms with Crippen molar-refractivity contribution in [1.82, 2.24) is 15.2 Å². The van der Waals surface area contributed by atoms with Gasteiger partial charge in [-0.15, -0.1) is 0 Å². The molecule has 1 N–H and O–H groups in total. The minimum atomic E-state index is -0.345. The lowest BCUT2D eigenvalue weighted by molar-refractivity contribution is -0.115. The van der Waals surface area contributed by atoms with Crippen molar-refractivity contribution in [2.24, 2.45) is 5.92 Å². The minimum absolute atomic E-state index is 0.332. The van der Waals surface area contributed by atoms with Gasteiger partial charge in [-0.1, -0.05) is 32.0 Å². The number of nitrogens with one attached hydrogen (secondary N) is 1. The number of benzene rings is 2. The van der Waals surface area contributed by atoms with Crippen LogP contribution in [0, 0.1) is 5.92 Å². The molecule has 7 heteroatoms. The largest absolute Gasteiger partial charge is 0.369 e. The number of imide groups is 1. The summed E-state index contributed by atoms with van der Waals surface area (Å²) in [5, 5.41) is 2.99. The molecule has 0 radical (unpaired) electrons. The van der Waals surface area contributed by atoms with Gasteiger partial charge in [0.25, 0.3) is 11.1 Å². The maximum Gasteiger partial charge on any atom is 0.290 e. The highest BCUT2D eigenvalue weighted by molar-refractivity contribution is 8.18. The summed E-state index contributed by atoms with van der Waals surface area (Å²) in [4.78, 5) is 33.4. The third-order valence-corrected chi connectivity index (χ3v) is 7.03. The van der Waals surface area contributed by atoms with Crippen molar-refractivity contribution >= 4 is 45.6 Å². The fourth-order valence-electron chi connectivity index (χ4n) is 4.65. The summed E-state index contributed by atoms with van der Waals surface area (Å²) < 4.78 is 0. The second kappa shape index (κ2) is 9.60. The van der Waals surface area contributed by atoms with Crippen molar-refractivity contribution in [1.29, 1.82) is 0 Å². The summed E-state index contributed by atoms with van der Waals surface area (Å²) >= 11 is 0.932. The van der Waals surface area contributed by atoms with Gasteiger partial charge in [0.2, 0.25) is 0 Å². The predicted molar refractivity (Wildman–Crippen MR) is 140 cm³/mol. The maximum absolute atomic E-state index is 12.0. The first kappa shape index (κ1) is 22.6. The molecule has 2 aliphatic rings. The van der Waals surface area contributed by atoms with Crippen LogP contribution in [-0.2, 0) is 4.79 Å². The number of thioether (sulfide) groups is 1. The van der Waals surface area contributed by atoms with Crippen molar-refractivity contribution in [2.75, 3.05) is 37.6 Å². The van der Waals surface area contributed by atoms with Crippen molar-refractivity contribution in [3.8, 4) is 11.1 Å². The van der Waals surface area contributed by atoms with Gasteiger partial charge in [0, 0.05) is 50.0 Å². The van der Waals surface area contributed by atoms with Crippen molar-refractivity contribution in [3.63, 3.8) is 0 Å². The van der Waals surface area contributed by atoms with Crippen LogP contribution in [0.3, 0.4) is 0 Å². The number of hydrogen-bond acceptors (Lipinski definition) is 6. The molecular weight excluding hydrogens is 444 g/mol. The zero-order valence-electron chi connectivity index (χ0n) is 19.5. The SMILES string of the molecule is CC(C)CN1CCN(c2cccc(-c3ccnc4ccc(C=C5SC(=O)NC5=O)cc34)c2)CC1. The highest BCUT2D eigenvalue weighted by Crippen LogP contribution is 2.32. The van der Waals surface area contributed by atoms with Gasteiger partial charge in [-0.05, 0) is 70.8 Å². The summed E-state index contributed by atoms with van der Waals surface area (Å²) in [6.07, 6.45) is 3.60. The number of piperazine rings is 1. The van der Waals surface area contributed by atoms with Crippen LogP contribution in [0.4, 0.5) is 10.5 Å². The van der Waals surface area contributed by atoms with E-state index in [9.17, 15) is 9.59 Å². The van der Waals surface area contributed by atoms with Crippen LogP contribution < -0.4 is 10.2 Å². The maximum atomic E-state index is 12.0. The van der Waals surface area contributed by atoms with Gasteiger partial charge < -0.3 is 4.90 Å². The molecule has 3 aromatic rings. The molecule has 174 valence electrons. The van der Waals surface area contributed by atoms with E-state index in [-0.39, 0.29) is 11.1 Å². The molecule has 2 aliphatic heterocycles. The molecule has 0 aliphatic carbocycles. The molecule has 1 aromatic heterocycles. The van der Waals surface area contributed by atoms with E-state index in [1.54, 1.807) is 6.08 Å². The molecule has 2 aromatic carbocycles. The summed E-state index contributed by atoms with van der Waals surface area (Å²) in [7, 11) is 0. The molecule has 0 unspecified atom stereocenters. The Balaban J connectivity index is 1.44. The lowest BCUT2D eigenvalue weighted by Crippen LogP contribution is -2.47. The number of hydrogen-bond donors (Lipinski definition) is 1. The number of pyridine rings is 1. The molecule has 34 heavy (non-hydrogen) atoms. The molecule has 0 saturated carbocycles. The van der Waals surface area contributed by atoms with Gasteiger partial charge in [-0.25, -0.2) is 0 Å².